The maximum Gasteiger partial charge on any atom is 0.0883 e. The smallest absolute Gasteiger partial charge is 0.0883 e. The zero-order valence-electron chi connectivity index (χ0n) is 7.08. The second-order valence-electron chi connectivity index (χ2n) is 3.17. The summed E-state index contributed by atoms with van der Waals surface area (Å²) in [7, 11) is 0. The molecule has 1 N–H and O–H groups in total. The number of benzene rings is 1. The van der Waals surface area contributed by atoms with Crippen molar-refractivity contribution in [3.05, 3.63) is 34.9 Å². The summed E-state index contributed by atoms with van der Waals surface area (Å²) in [6, 6.07) is 6.16. The van der Waals surface area contributed by atoms with E-state index in [0.29, 0.717) is 0 Å². The third-order valence-corrected chi connectivity index (χ3v) is 3.37. The minimum Gasteiger partial charge on any atom is -0.388 e. The molecule has 0 saturated carbocycles. The number of hydrogen-bond donors (Lipinski definition) is 1. The lowest BCUT2D eigenvalue weighted by Gasteiger charge is -2.22. The lowest BCUT2D eigenvalue weighted by Crippen LogP contribution is -2.10. The van der Waals surface area contributed by atoms with Crippen molar-refractivity contribution in [3.63, 3.8) is 0 Å². The van der Waals surface area contributed by atoms with Crippen LogP contribution in [-0.4, -0.2) is 10.9 Å². The van der Waals surface area contributed by atoms with Gasteiger partial charge in [-0.1, -0.05) is 18.2 Å². The molecule has 0 radical (unpaired) electrons. The summed E-state index contributed by atoms with van der Waals surface area (Å²) in [6.45, 7) is 2.11. The summed E-state index contributed by atoms with van der Waals surface area (Å²) in [6.07, 6.45) is -0.251. The molecule has 0 amide bonds. The Kier molecular flexibility index (Phi) is 2.11. The van der Waals surface area contributed by atoms with Crippen LogP contribution >= 0.6 is 11.8 Å². The Morgan fingerprint density at radius 2 is 2.33 bits per heavy atom. The van der Waals surface area contributed by atoms with Crippen LogP contribution in [0.5, 0.6) is 0 Å². The minimum atomic E-state index is -0.251. The van der Waals surface area contributed by atoms with Gasteiger partial charge in [0.1, 0.15) is 0 Å². The highest BCUT2D eigenvalue weighted by Crippen LogP contribution is 2.32. The molecule has 12 heavy (non-hydrogen) atoms. The molecular weight excluding hydrogens is 168 g/mol. The van der Waals surface area contributed by atoms with E-state index in [1.807, 2.05) is 23.9 Å². The SMILES string of the molecule is Cc1cccc2c1CSCC2O. The standard InChI is InChI=1S/C10H12OS/c1-7-3-2-4-8-9(7)5-12-6-10(8)11/h2-4,10-11H,5-6H2,1H3. The fraction of sp³-hybridized carbons (Fsp3) is 0.400. The Labute approximate surface area is 76.8 Å². The van der Waals surface area contributed by atoms with Crippen LogP contribution in [0.4, 0.5) is 0 Å². The van der Waals surface area contributed by atoms with Gasteiger partial charge >= 0.3 is 0 Å². The molecule has 64 valence electrons. The average Bonchev–Trinajstić information content (AvgIpc) is 2.07. The van der Waals surface area contributed by atoms with Crippen molar-refractivity contribution >= 4 is 11.8 Å². The summed E-state index contributed by atoms with van der Waals surface area (Å²) in [4.78, 5) is 0. The second kappa shape index (κ2) is 3.11. The predicted octanol–water partition coefficient (Wildman–Crippen LogP) is 2.28. The topological polar surface area (TPSA) is 20.2 Å². The van der Waals surface area contributed by atoms with Gasteiger partial charge in [0.25, 0.3) is 0 Å². The number of fused-ring (bicyclic) bond motifs is 1. The number of aryl methyl sites for hydroxylation is 1. The van der Waals surface area contributed by atoms with Crippen LogP contribution in [-0.2, 0) is 5.75 Å². The maximum absolute atomic E-state index is 9.66. The van der Waals surface area contributed by atoms with Crippen LogP contribution in [0, 0.1) is 6.92 Å². The number of aliphatic hydroxyl groups excluding tert-OH is 1. The summed E-state index contributed by atoms with van der Waals surface area (Å²) < 4.78 is 0. The highest BCUT2D eigenvalue weighted by atomic mass is 32.2. The molecule has 1 unspecified atom stereocenters. The highest BCUT2D eigenvalue weighted by Gasteiger charge is 2.18. The van der Waals surface area contributed by atoms with E-state index < -0.39 is 0 Å². The fourth-order valence-corrected chi connectivity index (χ4v) is 2.72. The van der Waals surface area contributed by atoms with Gasteiger partial charge in [-0.3, -0.25) is 0 Å². The molecule has 1 aromatic rings. The Bertz CT molecular complexity index is 296. The second-order valence-corrected chi connectivity index (χ2v) is 4.20. The molecule has 1 aliphatic heterocycles. The lowest BCUT2D eigenvalue weighted by molar-refractivity contribution is 0.201. The molecule has 2 rings (SSSR count). The van der Waals surface area contributed by atoms with Crippen LogP contribution in [0.3, 0.4) is 0 Å². The molecule has 2 heteroatoms. The first kappa shape index (κ1) is 8.14. The first-order valence-corrected chi connectivity index (χ1v) is 5.28. The maximum atomic E-state index is 9.66. The Morgan fingerprint density at radius 3 is 3.08 bits per heavy atom. The third kappa shape index (κ3) is 1.25. The van der Waals surface area contributed by atoms with E-state index in [-0.39, 0.29) is 6.10 Å². The van der Waals surface area contributed by atoms with Crippen LogP contribution in [0.25, 0.3) is 0 Å². The van der Waals surface area contributed by atoms with Gasteiger partial charge in [0.05, 0.1) is 6.10 Å². The monoisotopic (exact) mass is 180 g/mol. The van der Waals surface area contributed by atoms with Gasteiger partial charge < -0.3 is 5.11 Å². The van der Waals surface area contributed by atoms with E-state index in [1.165, 1.54) is 11.1 Å². The number of rotatable bonds is 0. The van der Waals surface area contributed by atoms with Crippen molar-refractivity contribution in [1.82, 2.24) is 0 Å². The Morgan fingerprint density at radius 1 is 1.50 bits per heavy atom. The Hall–Kier alpha value is -0.470. The summed E-state index contributed by atoms with van der Waals surface area (Å²) in [5, 5.41) is 9.66. The third-order valence-electron chi connectivity index (χ3n) is 2.33. The first-order valence-electron chi connectivity index (χ1n) is 4.13. The van der Waals surface area contributed by atoms with Crippen molar-refractivity contribution in [2.24, 2.45) is 0 Å². The average molecular weight is 180 g/mol. The molecule has 0 aromatic heterocycles. The van der Waals surface area contributed by atoms with Crippen molar-refractivity contribution in [3.8, 4) is 0 Å². The largest absolute Gasteiger partial charge is 0.388 e. The van der Waals surface area contributed by atoms with Gasteiger partial charge in [-0.2, -0.15) is 11.8 Å². The van der Waals surface area contributed by atoms with E-state index >= 15 is 0 Å². The molecular formula is C10H12OS. The number of thioether (sulfide) groups is 1. The van der Waals surface area contributed by atoms with E-state index in [4.69, 9.17) is 0 Å². The van der Waals surface area contributed by atoms with E-state index in [0.717, 1.165) is 17.1 Å². The normalized spacial score (nSPS) is 22.0. The molecule has 1 aliphatic rings. The van der Waals surface area contributed by atoms with E-state index in [1.54, 1.807) is 0 Å². The van der Waals surface area contributed by atoms with E-state index in [2.05, 4.69) is 13.0 Å². The lowest BCUT2D eigenvalue weighted by atomic mass is 9.99. The molecule has 0 aliphatic carbocycles. The summed E-state index contributed by atoms with van der Waals surface area (Å²) in [5.41, 5.74) is 3.77. The van der Waals surface area contributed by atoms with Gasteiger partial charge in [0, 0.05) is 11.5 Å². The van der Waals surface area contributed by atoms with E-state index in [9.17, 15) is 5.11 Å². The Balaban J connectivity index is 2.52. The molecule has 1 aromatic carbocycles. The van der Waals surface area contributed by atoms with Crippen molar-refractivity contribution in [2.75, 3.05) is 5.75 Å². The number of aliphatic hydroxyl groups is 1. The molecule has 1 atom stereocenters. The van der Waals surface area contributed by atoms with Crippen LogP contribution in [0.15, 0.2) is 18.2 Å². The zero-order valence-corrected chi connectivity index (χ0v) is 7.90. The van der Waals surface area contributed by atoms with Crippen molar-refractivity contribution in [1.29, 1.82) is 0 Å². The molecule has 0 fully saturated rings. The first-order chi connectivity index (χ1) is 5.79. The predicted molar refractivity (Wildman–Crippen MR) is 52.3 cm³/mol. The van der Waals surface area contributed by atoms with Gasteiger partial charge in [0.2, 0.25) is 0 Å². The van der Waals surface area contributed by atoms with Crippen LogP contribution in [0.1, 0.15) is 22.8 Å². The van der Waals surface area contributed by atoms with Crippen LogP contribution in [0.2, 0.25) is 0 Å². The number of hydrogen-bond acceptors (Lipinski definition) is 2. The summed E-state index contributed by atoms with van der Waals surface area (Å²) in [5.74, 6) is 1.90. The zero-order chi connectivity index (χ0) is 8.55. The summed E-state index contributed by atoms with van der Waals surface area (Å²) >= 11 is 1.81. The molecule has 1 heterocycles. The van der Waals surface area contributed by atoms with Gasteiger partial charge in [-0.05, 0) is 23.6 Å². The van der Waals surface area contributed by atoms with Crippen molar-refractivity contribution < 1.29 is 5.11 Å². The minimum absolute atomic E-state index is 0.251. The van der Waals surface area contributed by atoms with Crippen LogP contribution < -0.4 is 0 Å². The van der Waals surface area contributed by atoms with Gasteiger partial charge in [-0.25, -0.2) is 0 Å². The van der Waals surface area contributed by atoms with Gasteiger partial charge in [-0.15, -0.1) is 0 Å². The van der Waals surface area contributed by atoms with Crippen molar-refractivity contribution in [2.45, 2.75) is 18.8 Å². The molecule has 1 nitrogen and oxygen atoms in total. The highest BCUT2D eigenvalue weighted by molar-refractivity contribution is 7.98. The quantitative estimate of drug-likeness (QED) is 0.661. The molecule has 0 spiro atoms. The fourth-order valence-electron chi connectivity index (χ4n) is 1.60. The molecule has 0 saturated heterocycles. The molecule has 0 bridgehead atoms. The van der Waals surface area contributed by atoms with Gasteiger partial charge in [0.15, 0.2) is 0 Å².